The number of ketones is 1. The first-order valence-corrected chi connectivity index (χ1v) is 6.42. The number of Topliss-reactive ketones (excluding diaryl/α,β-unsaturated/α-hetero) is 1. The van der Waals surface area contributed by atoms with Crippen LogP contribution in [0.4, 0.5) is 5.69 Å². The summed E-state index contributed by atoms with van der Waals surface area (Å²) in [6.07, 6.45) is 4.14. The van der Waals surface area contributed by atoms with Crippen molar-refractivity contribution in [2.24, 2.45) is 5.92 Å². The lowest BCUT2D eigenvalue weighted by Gasteiger charge is -2.28. The minimum absolute atomic E-state index is 0.00452. The number of carbonyl (C=O) groups excluding carboxylic acids is 1. The SMILES string of the molecule is CC(=O)c1ccc(N(C)CC2CCCOC2)cn1. The van der Waals surface area contributed by atoms with Crippen LogP contribution in [-0.4, -0.2) is 37.6 Å². The van der Waals surface area contributed by atoms with Crippen molar-refractivity contribution in [3.05, 3.63) is 24.0 Å². The quantitative estimate of drug-likeness (QED) is 0.766. The Hall–Kier alpha value is -1.42. The average Bonchev–Trinajstić information content (AvgIpc) is 2.40. The molecule has 0 radical (unpaired) electrons. The zero-order valence-electron chi connectivity index (χ0n) is 11.1. The normalized spacial score (nSPS) is 19.6. The van der Waals surface area contributed by atoms with Gasteiger partial charge in [-0.1, -0.05) is 0 Å². The molecule has 1 atom stereocenters. The zero-order chi connectivity index (χ0) is 13.0. The highest BCUT2D eigenvalue weighted by Gasteiger charge is 2.16. The van der Waals surface area contributed by atoms with Gasteiger partial charge in [0.1, 0.15) is 5.69 Å². The lowest BCUT2D eigenvalue weighted by Crippen LogP contribution is -2.30. The monoisotopic (exact) mass is 248 g/mol. The Labute approximate surface area is 108 Å². The molecule has 1 saturated heterocycles. The molecule has 2 heterocycles. The average molecular weight is 248 g/mol. The van der Waals surface area contributed by atoms with Crippen LogP contribution in [0, 0.1) is 5.92 Å². The van der Waals surface area contributed by atoms with Gasteiger partial charge in [0.15, 0.2) is 5.78 Å². The van der Waals surface area contributed by atoms with E-state index in [1.165, 1.54) is 13.3 Å². The molecule has 1 aliphatic rings. The van der Waals surface area contributed by atoms with Gasteiger partial charge in [-0.25, -0.2) is 0 Å². The number of anilines is 1. The van der Waals surface area contributed by atoms with Crippen LogP contribution in [-0.2, 0) is 4.74 Å². The molecule has 0 aromatic carbocycles. The zero-order valence-corrected chi connectivity index (χ0v) is 11.1. The minimum Gasteiger partial charge on any atom is -0.381 e. The molecule has 0 amide bonds. The van der Waals surface area contributed by atoms with Gasteiger partial charge in [-0.15, -0.1) is 0 Å². The van der Waals surface area contributed by atoms with Crippen molar-refractivity contribution in [2.75, 3.05) is 31.7 Å². The van der Waals surface area contributed by atoms with E-state index in [1.54, 1.807) is 12.3 Å². The molecule has 0 N–H and O–H groups in total. The molecule has 0 aliphatic carbocycles. The number of carbonyl (C=O) groups is 1. The standard InChI is InChI=1S/C14H20N2O2/c1-11(17)14-6-5-13(8-15-14)16(2)9-12-4-3-7-18-10-12/h5-6,8,12H,3-4,7,9-10H2,1-2H3. The smallest absolute Gasteiger partial charge is 0.178 e. The van der Waals surface area contributed by atoms with Crippen molar-refractivity contribution < 1.29 is 9.53 Å². The van der Waals surface area contributed by atoms with Crippen molar-refractivity contribution in [1.82, 2.24) is 4.98 Å². The fourth-order valence-corrected chi connectivity index (χ4v) is 2.26. The summed E-state index contributed by atoms with van der Waals surface area (Å²) >= 11 is 0. The molecule has 0 saturated carbocycles. The summed E-state index contributed by atoms with van der Waals surface area (Å²) in [5, 5.41) is 0. The maximum absolute atomic E-state index is 11.2. The Morgan fingerprint density at radius 2 is 2.39 bits per heavy atom. The molecule has 1 aromatic heterocycles. The van der Waals surface area contributed by atoms with Crippen LogP contribution < -0.4 is 4.90 Å². The summed E-state index contributed by atoms with van der Waals surface area (Å²) < 4.78 is 5.48. The lowest BCUT2D eigenvalue weighted by molar-refractivity contribution is 0.0576. The Bertz CT molecular complexity index is 397. The van der Waals surface area contributed by atoms with Crippen LogP contribution in [0.2, 0.25) is 0 Å². The highest BCUT2D eigenvalue weighted by atomic mass is 16.5. The highest BCUT2D eigenvalue weighted by molar-refractivity contribution is 5.92. The van der Waals surface area contributed by atoms with Gasteiger partial charge in [0.2, 0.25) is 0 Å². The molecule has 4 heteroatoms. The topological polar surface area (TPSA) is 42.4 Å². The van der Waals surface area contributed by atoms with Crippen LogP contribution in [0.5, 0.6) is 0 Å². The fraction of sp³-hybridized carbons (Fsp3) is 0.571. The first-order chi connectivity index (χ1) is 8.66. The molecule has 0 spiro atoms. The van der Waals surface area contributed by atoms with E-state index in [0.29, 0.717) is 11.6 Å². The van der Waals surface area contributed by atoms with Crippen LogP contribution in [0.25, 0.3) is 0 Å². The maximum atomic E-state index is 11.2. The fourth-order valence-electron chi connectivity index (χ4n) is 2.26. The van der Waals surface area contributed by atoms with Crippen LogP contribution in [0.15, 0.2) is 18.3 Å². The largest absolute Gasteiger partial charge is 0.381 e. The molecule has 1 fully saturated rings. The van der Waals surface area contributed by atoms with E-state index in [2.05, 4.69) is 16.9 Å². The van der Waals surface area contributed by atoms with Gasteiger partial charge in [0.05, 0.1) is 18.5 Å². The van der Waals surface area contributed by atoms with Crippen LogP contribution in [0.3, 0.4) is 0 Å². The number of ether oxygens (including phenoxy) is 1. The van der Waals surface area contributed by atoms with Gasteiger partial charge in [-0.3, -0.25) is 9.78 Å². The van der Waals surface area contributed by atoms with E-state index in [0.717, 1.165) is 31.9 Å². The summed E-state index contributed by atoms with van der Waals surface area (Å²) in [4.78, 5) is 17.5. The van der Waals surface area contributed by atoms with Gasteiger partial charge in [-0.2, -0.15) is 0 Å². The van der Waals surface area contributed by atoms with Gasteiger partial charge in [-0.05, 0) is 30.9 Å². The molecule has 1 unspecified atom stereocenters. The second-order valence-corrected chi connectivity index (χ2v) is 4.92. The lowest BCUT2D eigenvalue weighted by atomic mass is 10.0. The summed E-state index contributed by atoms with van der Waals surface area (Å²) in [6, 6.07) is 3.74. The van der Waals surface area contributed by atoms with Crippen molar-refractivity contribution in [3.63, 3.8) is 0 Å². The van der Waals surface area contributed by atoms with Crippen molar-refractivity contribution >= 4 is 11.5 Å². The second-order valence-electron chi connectivity index (χ2n) is 4.92. The summed E-state index contributed by atoms with van der Waals surface area (Å²) in [6.45, 7) is 4.25. The van der Waals surface area contributed by atoms with Gasteiger partial charge in [0.25, 0.3) is 0 Å². The Morgan fingerprint density at radius 1 is 1.56 bits per heavy atom. The second kappa shape index (κ2) is 5.96. The third kappa shape index (κ3) is 3.29. The number of nitrogens with zero attached hydrogens (tertiary/aromatic N) is 2. The van der Waals surface area contributed by atoms with E-state index in [9.17, 15) is 4.79 Å². The van der Waals surface area contributed by atoms with Crippen molar-refractivity contribution in [1.29, 1.82) is 0 Å². The predicted octanol–water partition coefficient (Wildman–Crippen LogP) is 2.15. The van der Waals surface area contributed by atoms with E-state index in [4.69, 9.17) is 4.74 Å². The van der Waals surface area contributed by atoms with Gasteiger partial charge >= 0.3 is 0 Å². The van der Waals surface area contributed by atoms with Crippen LogP contribution in [0.1, 0.15) is 30.3 Å². The molecule has 2 rings (SSSR count). The molecule has 0 bridgehead atoms. The third-order valence-corrected chi connectivity index (χ3v) is 3.34. The van der Waals surface area contributed by atoms with Crippen LogP contribution >= 0.6 is 0 Å². The van der Waals surface area contributed by atoms with Crippen molar-refractivity contribution in [2.45, 2.75) is 19.8 Å². The van der Waals surface area contributed by atoms with E-state index in [1.807, 2.05) is 6.07 Å². The maximum Gasteiger partial charge on any atom is 0.178 e. The van der Waals surface area contributed by atoms with Crippen molar-refractivity contribution in [3.8, 4) is 0 Å². The molecule has 1 aliphatic heterocycles. The van der Waals surface area contributed by atoms with E-state index >= 15 is 0 Å². The number of hydrogen-bond acceptors (Lipinski definition) is 4. The molecule has 4 nitrogen and oxygen atoms in total. The first-order valence-electron chi connectivity index (χ1n) is 6.42. The Kier molecular flexibility index (Phi) is 4.31. The number of rotatable bonds is 4. The van der Waals surface area contributed by atoms with E-state index < -0.39 is 0 Å². The predicted molar refractivity (Wildman–Crippen MR) is 71.1 cm³/mol. The summed E-state index contributed by atoms with van der Waals surface area (Å²) in [5.74, 6) is 0.598. The molecule has 1 aromatic rings. The minimum atomic E-state index is 0.00452. The number of aromatic nitrogens is 1. The third-order valence-electron chi connectivity index (χ3n) is 3.34. The molecular formula is C14H20N2O2. The Morgan fingerprint density at radius 3 is 2.94 bits per heavy atom. The molecular weight excluding hydrogens is 228 g/mol. The van der Waals surface area contributed by atoms with Gasteiger partial charge in [0, 0.05) is 27.1 Å². The first kappa shape index (κ1) is 13.0. The molecule has 18 heavy (non-hydrogen) atoms. The Balaban J connectivity index is 1.95. The summed E-state index contributed by atoms with van der Waals surface area (Å²) in [7, 11) is 2.05. The number of hydrogen-bond donors (Lipinski definition) is 0. The van der Waals surface area contributed by atoms with E-state index in [-0.39, 0.29) is 5.78 Å². The molecule has 98 valence electrons. The summed E-state index contributed by atoms with van der Waals surface area (Å²) in [5.41, 5.74) is 1.57. The van der Waals surface area contributed by atoms with Gasteiger partial charge < -0.3 is 9.64 Å². The number of pyridine rings is 1. The highest BCUT2D eigenvalue weighted by Crippen LogP contribution is 2.18.